The molecule has 2 heterocycles. The highest BCUT2D eigenvalue weighted by atomic mass is 19.3. The molecule has 0 radical (unpaired) electrons. The second-order valence-corrected chi connectivity index (χ2v) is 5.21. The summed E-state index contributed by atoms with van der Waals surface area (Å²) in [5.41, 5.74) is 1.69. The number of nitrogens with one attached hydrogen (secondary N) is 1. The highest BCUT2D eigenvalue weighted by Gasteiger charge is 2.19. The zero-order valence-electron chi connectivity index (χ0n) is 12.9. The van der Waals surface area contributed by atoms with Gasteiger partial charge >= 0.3 is 6.55 Å². The molecular weight excluding hydrogens is 316 g/mol. The largest absolute Gasteiger partial charge is 0.333 e. The molecule has 0 saturated carbocycles. The van der Waals surface area contributed by atoms with Gasteiger partial charge in [-0.1, -0.05) is 30.3 Å². The Labute approximate surface area is 136 Å². The quantitative estimate of drug-likeness (QED) is 0.781. The van der Waals surface area contributed by atoms with Crippen molar-refractivity contribution < 1.29 is 13.6 Å². The van der Waals surface area contributed by atoms with Gasteiger partial charge in [0, 0.05) is 18.0 Å². The van der Waals surface area contributed by atoms with Crippen LogP contribution in [0.15, 0.2) is 48.7 Å². The van der Waals surface area contributed by atoms with E-state index in [4.69, 9.17) is 0 Å². The number of nitrogens with zero attached hydrogens (tertiary/aromatic N) is 4. The number of alkyl halides is 2. The minimum atomic E-state index is -2.88. The predicted octanol–water partition coefficient (Wildman–Crippen LogP) is 3.08. The summed E-state index contributed by atoms with van der Waals surface area (Å²) < 4.78 is 27.6. The van der Waals surface area contributed by atoms with Gasteiger partial charge in [0.1, 0.15) is 5.69 Å². The van der Waals surface area contributed by atoms with Gasteiger partial charge in [-0.2, -0.15) is 23.7 Å². The van der Waals surface area contributed by atoms with Crippen LogP contribution in [0.4, 0.5) is 14.6 Å². The van der Waals surface area contributed by atoms with E-state index < -0.39 is 12.5 Å². The highest BCUT2D eigenvalue weighted by molar-refractivity contribution is 6.02. The van der Waals surface area contributed by atoms with Crippen LogP contribution in [0.3, 0.4) is 0 Å². The summed E-state index contributed by atoms with van der Waals surface area (Å²) in [5, 5.41) is 10.3. The van der Waals surface area contributed by atoms with Crippen molar-refractivity contribution >= 4 is 11.7 Å². The van der Waals surface area contributed by atoms with E-state index in [0.29, 0.717) is 17.0 Å². The molecule has 1 amide bonds. The molecule has 0 unspecified atom stereocenters. The van der Waals surface area contributed by atoms with Crippen molar-refractivity contribution in [3.05, 3.63) is 65.6 Å². The van der Waals surface area contributed by atoms with Gasteiger partial charge < -0.3 is 5.32 Å². The van der Waals surface area contributed by atoms with E-state index in [1.54, 1.807) is 10.7 Å². The van der Waals surface area contributed by atoms with Crippen LogP contribution >= 0.6 is 0 Å². The van der Waals surface area contributed by atoms with Crippen LogP contribution in [-0.2, 0) is 6.54 Å². The van der Waals surface area contributed by atoms with Crippen molar-refractivity contribution in [3.8, 4) is 0 Å². The number of anilines is 1. The summed E-state index contributed by atoms with van der Waals surface area (Å²) in [6.45, 7) is -0.467. The molecule has 0 saturated heterocycles. The zero-order valence-corrected chi connectivity index (χ0v) is 12.9. The van der Waals surface area contributed by atoms with Crippen LogP contribution in [0, 0.1) is 6.92 Å². The molecule has 8 heteroatoms. The van der Waals surface area contributed by atoms with E-state index in [9.17, 15) is 13.6 Å². The van der Waals surface area contributed by atoms with Crippen molar-refractivity contribution in [2.45, 2.75) is 20.0 Å². The number of aromatic nitrogens is 4. The number of carbonyl (C=O) groups excluding carboxylic acids is 1. The second-order valence-electron chi connectivity index (χ2n) is 5.21. The van der Waals surface area contributed by atoms with E-state index in [1.165, 1.54) is 6.07 Å². The molecule has 2 aromatic heterocycles. The monoisotopic (exact) mass is 331 g/mol. The standard InChI is InChI=1S/C16H15F2N5O/c1-11-9-14(21-22(11)10-12-5-3-2-4-6-12)20-15(24)13-7-8-19-23(13)16(17)18/h2-9,16H,10H2,1H3,(H,20,21,24). The van der Waals surface area contributed by atoms with Crippen LogP contribution in [-0.4, -0.2) is 25.5 Å². The lowest BCUT2D eigenvalue weighted by Crippen LogP contribution is -2.18. The molecule has 3 aromatic rings. The maximum absolute atomic E-state index is 12.8. The summed E-state index contributed by atoms with van der Waals surface area (Å²) in [6.07, 6.45) is 1.15. The number of halogens is 2. The van der Waals surface area contributed by atoms with Crippen LogP contribution in [0.1, 0.15) is 28.3 Å². The average molecular weight is 331 g/mol. The normalized spacial score (nSPS) is 11.0. The summed E-state index contributed by atoms with van der Waals surface area (Å²) in [7, 11) is 0. The van der Waals surface area contributed by atoms with Crippen LogP contribution in [0.2, 0.25) is 0 Å². The Hall–Kier alpha value is -3.03. The lowest BCUT2D eigenvalue weighted by Gasteiger charge is -2.06. The van der Waals surface area contributed by atoms with Crippen LogP contribution in [0.25, 0.3) is 0 Å². The highest BCUT2D eigenvalue weighted by Crippen LogP contribution is 2.15. The SMILES string of the molecule is Cc1cc(NC(=O)c2ccnn2C(F)F)nn1Cc1ccccc1. The molecule has 1 aromatic carbocycles. The van der Waals surface area contributed by atoms with Gasteiger partial charge in [0.25, 0.3) is 5.91 Å². The number of aryl methyl sites for hydroxylation is 1. The van der Waals surface area contributed by atoms with E-state index >= 15 is 0 Å². The van der Waals surface area contributed by atoms with Crippen LogP contribution < -0.4 is 5.32 Å². The lowest BCUT2D eigenvalue weighted by atomic mass is 10.2. The Morgan fingerprint density at radius 3 is 2.71 bits per heavy atom. The number of hydrogen-bond acceptors (Lipinski definition) is 3. The Balaban J connectivity index is 1.75. The summed E-state index contributed by atoms with van der Waals surface area (Å²) in [4.78, 5) is 12.1. The van der Waals surface area contributed by atoms with Gasteiger partial charge in [-0.25, -0.2) is 0 Å². The van der Waals surface area contributed by atoms with Gasteiger partial charge in [-0.15, -0.1) is 0 Å². The maximum atomic E-state index is 12.8. The Morgan fingerprint density at radius 1 is 1.25 bits per heavy atom. The topological polar surface area (TPSA) is 64.7 Å². The minimum absolute atomic E-state index is 0.222. The molecule has 0 fully saturated rings. The fraction of sp³-hybridized carbons (Fsp3) is 0.188. The third-order valence-corrected chi connectivity index (χ3v) is 3.49. The fourth-order valence-electron chi connectivity index (χ4n) is 2.32. The molecule has 0 aliphatic carbocycles. The van der Waals surface area contributed by atoms with Gasteiger partial charge in [-0.05, 0) is 18.6 Å². The number of carbonyl (C=O) groups is 1. The molecule has 6 nitrogen and oxygen atoms in total. The van der Waals surface area contributed by atoms with Gasteiger partial charge in [0.05, 0.1) is 6.54 Å². The van der Waals surface area contributed by atoms with E-state index in [2.05, 4.69) is 15.5 Å². The molecule has 124 valence electrons. The number of rotatable bonds is 5. The lowest BCUT2D eigenvalue weighted by molar-refractivity contribution is 0.0520. The van der Waals surface area contributed by atoms with Gasteiger partial charge in [-0.3, -0.25) is 9.48 Å². The smallest absolute Gasteiger partial charge is 0.304 e. The fourth-order valence-corrected chi connectivity index (χ4v) is 2.32. The summed E-state index contributed by atoms with van der Waals surface area (Å²) in [5.74, 6) is -0.382. The first-order chi connectivity index (χ1) is 11.5. The van der Waals surface area contributed by atoms with Crippen molar-refractivity contribution in [2.24, 2.45) is 0 Å². The van der Waals surface area contributed by atoms with Crippen molar-refractivity contribution in [2.75, 3.05) is 5.32 Å². The molecule has 1 N–H and O–H groups in total. The van der Waals surface area contributed by atoms with E-state index in [-0.39, 0.29) is 5.69 Å². The first-order valence-electron chi connectivity index (χ1n) is 7.26. The van der Waals surface area contributed by atoms with Gasteiger partial charge in [0.2, 0.25) is 0 Å². The summed E-state index contributed by atoms with van der Waals surface area (Å²) in [6, 6.07) is 12.7. The minimum Gasteiger partial charge on any atom is -0.304 e. The van der Waals surface area contributed by atoms with Crippen molar-refractivity contribution in [1.82, 2.24) is 19.6 Å². The maximum Gasteiger partial charge on any atom is 0.333 e. The van der Waals surface area contributed by atoms with Crippen molar-refractivity contribution in [3.63, 3.8) is 0 Å². The average Bonchev–Trinajstić information content (AvgIpc) is 3.16. The molecule has 0 atom stereocenters. The van der Waals surface area contributed by atoms with Gasteiger partial charge in [0.15, 0.2) is 5.82 Å². The summed E-state index contributed by atoms with van der Waals surface area (Å²) >= 11 is 0. The zero-order chi connectivity index (χ0) is 17.1. The third-order valence-electron chi connectivity index (χ3n) is 3.49. The molecule has 24 heavy (non-hydrogen) atoms. The molecule has 0 spiro atoms. The Bertz CT molecular complexity index is 841. The Morgan fingerprint density at radius 2 is 2.00 bits per heavy atom. The second kappa shape index (κ2) is 6.61. The van der Waals surface area contributed by atoms with E-state index in [0.717, 1.165) is 17.5 Å². The molecular formula is C16H15F2N5O. The number of hydrogen-bond donors (Lipinski definition) is 1. The first-order valence-corrected chi connectivity index (χ1v) is 7.26. The molecule has 0 bridgehead atoms. The Kier molecular flexibility index (Phi) is 4.37. The predicted molar refractivity (Wildman–Crippen MR) is 83.9 cm³/mol. The first kappa shape index (κ1) is 15.9. The van der Waals surface area contributed by atoms with Crippen LogP contribution in [0.5, 0.6) is 0 Å². The number of benzene rings is 1. The molecule has 0 aliphatic rings. The molecule has 3 rings (SSSR count). The number of amides is 1. The molecule has 0 aliphatic heterocycles. The van der Waals surface area contributed by atoms with E-state index in [1.807, 2.05) is 37.3 Å². The van der Waals surface area contributed by atoms with Crippen molar-refractivity contribution in [1.29, 1.82) is 0 Å². The third kappa shape index (κ3) is 3.32.